The van der Waals surface area contributed by atoms with Crippen LogP contribution in [0.25, 0.3) is 11.2 Å². The van der Waals surface area contributed by atoms with Gasteiger partial charge in [0.2, 0.25) is 0 Å². The standard InChI is InChI=1S/C16H16ClN3O/c17-13-10-14-16(18-11-13)20(7-4-8-21)15(19-14)9-12-5-2-1-3-6-12/h1-3,5-6,10-11,21H,4,7-9H2. The zero-order chi connectivity index (χ0) is 14.7. The second kappa shape index (κ2) is 6.24. The van der Waals surface area contributed by atoms with Gasteiger partial charge in [0.05, 0.1) is 5.02 Å². The number of benzene rings is 1. The highest BCUT2D eigenvalue weighted by molar-refractivity contribution is 6.31. The van der Waals surface area contributed by atoms with Crippen LogP contribution in [-0.4, -0.2) is 26.2 Å². The summed E-state index contributed by atoms with van der Waals surface area (Å²) < 4.78 is 2.06. The maximum absolute atomic E-state index is 9.09. The molecule has 0 unspecified atom stereocenters. The minimum atomic E-state index is 0.151. The first-order valence-corrected chi connectivity index (χ1v) is 7.31. The number of hydrogen-bond donors (Lipinski definition) is 1. The molecule has 0 atom stereocenters. The van der Waals surface area contributed by atoms with E-state index < -0.39 is 0 Å². The zero-order valence-electron chi connectivity index (χ0n) is 11.5. The van der Waals surface area contributed by atoms with Crippen molar-refractivity contribution in [3.8, 4) is 0 Å². The molecule has 2 aromatic heterocycles. The molecule has 1 N–H and O–H groups in total. The van der Waals surface area contributed by atoms with Crippen LogP contribution in [0.4, 0.5) is 0 Å². The van der Waals surface area contributed by atoms with Crippen molar-refractivity contribution >= 4 is 22.8 Å². The molecule has 0 bridgehead atoms. The Hall–Kier alpha value is -1.91. The number of halogens is 1. The smallest absolute Gasteiger partial charge is 0.160 e. The maximum Gasteiger partial charge on any atom is 0.160 e. The molecule has 0 saturated carbocycles. The van der Waals surface area contributed by atoms with E-state index in [1.54, 1.807) is 6.20 Å². The van der Waals surface area contributed by atoms with Gasteiger partial charge in [-0.3, -0.25) is 0 Å². The minimum Gasteiger partial charge on any atom is -0.396 e. The van der Waals surface area contributed by atoms with Crippen molar-refractivity contribution in [1.29, 1.82) is 0 Å². The largest absolute Gasteiger partial charge is 0.396 e. The highest BCUT2D eigenvalue weighted by atomic mass is 35.5. The Bertz CT molecular complexity index is 740. The molecule has 0 aliphatic rings. The minimum absolute atomic E-state index is 0.151. The van der Waals surface area contributed by atoms with Gasteiger partial charge < -0.3 is 9.67 Å². The fourth-order valence-electron chi connectivity index (χ4n) is 2.41. The van der Waals surface area contributed by atoms with Crippen LogP contribution < -0.4 is 0 Å². The van der Waals surface area contributed by atoms with Crippen molar-refractivity contribution in [2.75, 3.05) is 6.61 Å². The second-order valence-electron chi connectivity index (χ2n) is 4.92. The summed E-state index contributed by atoms with van der Waals surface area (Å²) in [6.07, 6.45) is 3.05. The molecule has 0 radical (unpaired) electrons. The first-order valence-electron chi connectivity index (χ1n) is 6.93. The number of aliphatic hydroxyl groups excluding tert-OH is 1. The molecule has 0 aliphatic carbocycles. The van der Waals surface area contributed by atoms with E-state index in [4.69, 9.17) is 16.7 Å². The summed E-state index contributed by atoms with van der Waals surface area (Å²) in [4.78, 5) is 9.04. The summed E-state index contributed by atoms with van der Waals surface area (Å²) in [5, 5.41) is 9.67. The molecular weight excluding hydrogens is 286 g/mol. The lowest BCUT2D eigenvalue weighted by Crippen LogP contribution is -2.06. The van der Waals surface area contributed by atoms with E-state index in [2.05, 4.69) is 26.7 Å². The molecule has 4 nitrogen and oxygen atoms in total. The summed E-state index contributed by atoms with van der Waals surface area (Å²) in [6, 6.07) is 12.0. The number of aromatic nitrogens is 3. The predicted molar refractivity (Wildman–Crippen MR) is 83.5 cm³/mol. The van der Waals surface area contributed by atoms with Crippen LogP contribution in [0.3, 0.4) is 0 Å². The van der Waals surface area contributed by atoms with Gasteiger partial charge in [0, 0.05) is 25.8 Å². The Balaban J connectivity index is 2.03. The van der Waals surface area contributed by atoms with Gasteiger partial charge in [-0.1, -0.05) is 41.9 Å². The quantitative estimate of drug-likeness (QED) is 0.788. The van der Waals surface area contributed by atoms with Gasteiger partial charge in [0.25, 0.3) is 0 Å². The number of pyridine rings is 1. The Morgan fingerprint density at radius 1 is 1.19 bits per heavy atom. The van der Waals surface area contributed by atoms with Crippen molar-refractivity contribution in [2.24, 2.45) is 0 Å². The van der Waals surface area contributed by atoms with E-state index in [1.165, 1.54) is 5.56 Å². The highest BCUT2D eigenvalue weighted by Crippen LogP contribution is 2.20. The Kier molecular flexibility index (Phi) is 4.18. The van der Waals surface area contributed by atoms with Crippen molar-refractivity contribution in [1.82, 2.24) is 14.5 Å². The second-order valence-corrected chi connectivity index (χ2v) is 5.35. The maximum atomic E-state index is 9.09. The van der Waals surface area contributed by atoms with Crippen molar-refractivity contribution in [3.63, 3.8) is 0 Å². The lowest BCUT2D eigenvalue weighted by molar-refractivity contribution is 0.280. The van der Waals surface area contributed by atoms with Gasteiger partial charge in [-0.15, -0.1) is 0 Å². The lowest BCUT2D eigenvalue weighted by Gasteiger charge is -2.07. The number of aryl methyl sites for hydroxylation is 1. The SMILES string of the molecule is OCCCn1c(Cc2ccccc2)nc2cc(Cl)cnc21. The van der Waals surface area contributed by atoms with E-state index in [-0.39, 0.29) is 6.61 Å². The number of hydrogen-bond acceptors (Lipinski definition) is 3. The van der Waals surface area contributed by atoms with Gasteiger partial charge in [0.15, 0.2) is 5.65 Å². The number of fused-ring (bicyclic) bond motifs is 1. The van der Waals surface area contributed by atoms with Crippen LogP contribution >= 0.6 is 11.6 Å². The third kappa shape index (κ3) is 3.06. The molecule has 2 heterocycles. The molecule has 1 aromatic carbocycles. The van der Waals surface area contributed by atoms with E-state index in [0.717, 1.165) is 23.4 Å². The molecule has 0 amide bonds. The summed E-state index contributed by atoms with van der Waals surface area (Å²) in [7, 11) is 0. The molecule has 0 aliphatic heterocycles. The average molecular weight is 302 g/mol. The third-order valence-corrected chi connectivity index (χ3v) is 3.58. The van der Waals surface area contributed by atoms with Crippen LogP contribution in [0, 0.1) is 0 Å². The number of aliphatic hydroxyl groups is 1. The van der Waals surface area contributed by atoms with Crippen molar-refractivity contribution in [2.45, 2.75) is 19.4 Å². The van der Waals surface area contributed by atoms with Crippen LogP contribution in [0.15, 0.2) is 42.6 Å². The summed E-state index contributed by atoms with van der Waals surface area (Å²) in [5.41, 5.74) is 2.81. The molecule has 21 heavy (non-hydrogen) atoms. The molecule has 0 fully saturated rings. The average Bonchev–Trinajstić information content (AvgIpc) is 2.82. The molecule has 3 aromatic rings. The summed E-state index contributed by atoms with van der Waals surface area (Å²) in [5.74, 6) is 0.944. The van der Waals surface area contributed by atoms with Crippen LogP contribution in [0.1, 0.15) is 17.8 Å². The predicted octanol–water partition coefficient (Wildman–Crippen LogP) is 3.06. The van der Waals surface area contributed by atoms with Gasteiger partial charge >= 0.3 is 0 Å². The third-order valence-electron chi connectivity index (χ3n) is 3.38. The number of nitrogens with zero attached hydrogens (tertiary/aromatic N) is 3. The molecule has 5 heteroatoms. The van der Waals surface area contributed by atoms with Gasteiger partial charge in [-0.25, -0.2) is 9.97 Å². The van der Waals surface area contributed by atoms with E-state index in [9.17, 15) is 0 Å². The normalized spacial score (nSPS) is 11.1. The Morgan fingerprint density at radius 2 is 2.00 bits per heavy atom. The molecular formula is C16H16ClN3O. The fourth-order valence-corrected chi connectivity index (χ4v) is 2.56. The number of imidazole rings is 1. The topological polar surface area (TPSA) is 50.9 Å². The van der Waals surface area contributed by atoms with E-state index in [1.807, 2.05) is 24.3 Å². The number of rotatable bonds is 5. The first-order chi connectivity index (χ1) is 10.3. The molecule has 0 saturated heterocycles. The summed E-state index contributed by atoms with van der Waals surface area (Å²) in [6.45, 7) is 0.849. The van der Waals surface area contributed by atoms with Crippen molar-refractivity contribution < 1.29 is 5.11 Å². The van der Waals surface area contributed by atoms with E-state index in [0.29, 0.717) is 18.0 Å². The molecule has 3 rings (SSSR count). The van der Waals surface area contributed by atoms with Gasteiger partial charge in [-0.2, -0.15) is 0 Å². The first kappa shape index (κ1) is 14.0. The monoisotopic (exact) mass is 301 g/mol. The van der Waals surface area contributed by atoms with Crippen LogP contribution in [-0.2, 0) is 13.0 Å². The van der Waals surface area contributed by atoms with Crippen LogP contribution in [0.5, 0.6) is 0 Å². The van der Waals surface area contributed by atoms with Crippen LogP contribution in [0.2, 0.25) is 5.02 Å². The fraction of sp³-hybridized carbons (Fsp3) is 0.250. The van der Waals surface area contributed by atoms with E-state index >= 15 is 0 Å². The highest BCUT2D eigenvalue weighted by Gasteiger charge is 2.12. The molecule has 0 spiro atoms. The van der Waals surface area contributed by atoms with Crippen molar-refractivity contribution in [3.05, 3.63) is 59.0 Å². The Labute approximate surface area is 128 Å². The lowest BCUT2D eigenvalue weighted by atomic mass is 10.1. The van der Waals surface area contributed by atoms with Gasteiger partial charge in [0.1, 0.15) is 11.3 Å². The molecule has 108 valence electrons. The summed E-state index contributed by atoms with van der Waals surface area (Å²) >= 11 is 5.99. The Morgan fingerprint density at radius 3 is 2.76 bits per heavy atom. The zero-order valence-corrected chi connectivity index (χ0v) is 12.3. The van der Waals surface area contributed by atoms with Gasteiger partial charge in [-0.05, 0) is 18.1 Å².